The third kappa shape index (κ3) is 6.37. The second kappa shape index (κ2) is 13.8. The Morgan fingerprint density at radius 1 is 1.07 bits per heavy atom. The first kappa shape index (κ1) is 32.1. The predicted molar refractivity (Wildman–Crippen MR) is 182 cm³/mol. The molecule has 9 nitrogen and oxygen atoms in total. The lowest BCUT2D eigenvalue weighted by Gasteiger charge is -2.22. The summed E-state index contributed by atoms with van der Waals surface area (Å²) in [6.07, 6.45) is 4.86. The number of hydrogen-bond donors (Lipinski definition) is 1. The van der Waals surface area contributed by atoms with E-state index in [0.29, 0.717) is 55.1 Å². The number of carbonyl (C=O) groups excluding carboxylic acids is 2. The van der Waals surface area contributed by atoms with Gasteiger partial charge in [-0.15, -0.1) is 10.2 Å². The number of aryl methyl sites for hydroxylation is 1. The summed E-state index contributed by atoms with van der Waals surface area (Å²) in [4.78, 5) is 33.4. The smallest absolute Gasteiger partial charge is 0.301 e. The van der Waals surface area contributed by atoms with Crippen molar-refractivity contribution in [3.8, 4) is 5.75 Å². The van der Waals surface area contributed by atoms with Gasteiger partial charge < -0.3 is 9.84 Å². The Balaban J connectivity index is 1.38. The molecule has 1 N–H and O–H groups in total. The Bertz CT molecular complexity index is 1960. The summed E-state index contributed by atoms with van der Waals surface area (Å²) in [5, 5.41) is 21.7. The number of pyridine rings is 1. The number of nitrogens with zero attached hydrogens (tertiary/aromatic N) is 5. The van der Waals surface area contributed by atoms with Crippen LogP contribution in [0, 0.1) is 6.92 Å². The average molecular weight is 695 g/mol. The van der Waals surface area contributed by atoms with Crippen molar-refractivity contribution in [2.24, 2.45) is 0 Å². The Labute approximate surface area is 283 Å². The molecule has 236 valence electrons. The van der Waals surface area contributed by atoms with Crippen molar-refractivity contribution < 1.29 is 19.4 Å². The number of ether oxygens (including phenoxy) is 1. The standard InChI is InChI=1S/C33H29Cl2N5O4S2/c1-3-4-7-16-44-23-13-10-20(11-14-23)28-26(29(41)27-19(2)36-25-8-5-6-15-39(25)27)30(42)31(43)40(28)32-37-38-33(46-32)45-18-21-9-12-22(34)17-24(21)35/h5-6,8-15,17,28,41H,3-4,7,16,18H2,1-2H3/b29-26+. The van der Waals surface area contributed by atoms with Crippen molar-refractivity contribution in [3.63, 3.8) is 0 Å². The SMILES string of the molecule is CCCCCOc1ccc(C2/C(=C(\O)c3c(C)nc4ccccn34)C(=O)C(=O)N2c2nnc(SCc3ccc(Cl)cc3Cl)s2)cc1. The van der Waals surface area contributed by atoms with E-state index in [9.17, 15) is 14.7 Å². The molecule has 1 atom stereocenters. The minimum absolute atomic E-state index is 0.0623. The molecule has 0 saturated carbocycles. The fraction of sp³-hybridized carbons (Fsp3) is 0.242. The number of imidazole rings is 1. The van der Waals surface area contributed by atoms with E-state index in [1.807, 2.05) is 12.1 Å². The third-order valence-corrected chi connectivity index (χ3v) is 10.2. The summed E-state index contributed by atoms with van der Waals surface area (Å²) in [5.74, 6) is -0.792. The monoisotopic (exact) mass is 693 g/mol. The molecule has 1 saturated heterocycles. The molecule has 2 aromatic carbocycles. The first-order valence-electron chi connectivity index (χ1n) is 14.6. The molecule has 1 aliphatic heterocycles. The molecule has 1 aliphatic rings. The maximum absolute atomic E-state index is 13.8. The number of amides is 1. The molecule has 0 spiro atoms. The summed E-state index contributed by atoms with van der Waals surface area (Å²) in [5.41, 5.74) is 2.86. The molecular formula is C33H29Cl2N5O4S2. The molecular weight excluding hydrogens is 665 g/mol. The highest BCUT2D eigenvalue weighted by atomic mass is 35.5. The number of halogens is 2. The minimum atomic E-state index is -0.973. The zero-order valence-corrected chi connectivity index (χ0v) is 28.1. The quantitative estimate of drug-likeness (QED) is 0.0368. The van der Waals surface area contributed by atoms with Gasteiger partial charge >= 0.3 is 5.91 Å². The van der Waals surface area contributed by atoms with E-state index in [1.54, 1.807) is 66.1 Å². The maximum Gasteiger partial charge on any atom is 0.301 e. The summed E-state index contributed by atoms with van der Waals surface area (Å²) >= 11 is 15.0. The van der Waals surface area contributed by atoms with Gasteiger partial charge in [-0.3, -0.25) is 18.9 Å². The topological polar surface area (TPSA) is 110 Å². The minimum Gasteiger partial charge on any atom is -0.505 e. The van der Waals surface area contributed by atoms with Crippen LogP contribution in [0.1, 0.15) is 54.7 Å². The van der Waals surface area contributed by atoms with Crippen LogP contribution in [0.15, 0.2) is 76.8 Å². The normalized spacial score (nSPS) is 16.1. The summed E-state index contributed by atoms with van der Waals surface area (Å²) in [6.45, 7) is 4.47. The highest BCUT2D eigenvalue weighted by Gasteiger charge is 2.49. The van der Waals surface area contributed by atoms with Crippen molar-refractivity contribution in [2.45, 2.75) is 49.2 Å². The van der Waals surface area contributed by atoms with Crippen molar-refractivity contribution in [1.82, 2.24) is 19.6 Å². The number of unbranched alkanes of at least 4 members (excludes halogenated alkanes) is 2. The third-order valence-electron chi connectivity index (χ3n) is 7.55. The highest BCUT2D eigenvalue weighted by Crippen LogP contribution is 2.45. The van der Waals surface area contributed by atoms with Crippen molar-refractivity contribution in [1.29, 1.82) is 0 Å². The number of fused-ring (bicyclic) bond motifs is 1. The number of Topliss-reactive ketones (excluding diaryl/α,β-unsaturated/α-hetero) is 1. The number of thioether (sulfide) groups is 1. The van der Waals surface area contributed by atoms with E-state index in [1.165, 1.54) is 28.0 Å². The van der Waals surface area contributed by atoms with Crippen LogP contribution in [-0.2, 0) is 15.3 Å². The van der Waals surface area contributed by atoms with Crippen LogP contribution in [-0.4, -0.2) is 43.0 Å². The lowest BCUT2D eigenvalue weighted by molar-refractivity contribution is -0.132. The number of ketones is 1. The van der Waals surface area contributed by atoms with Gasteiger partial charge in [-0.1, -0.05) is 90.3 Å². The number of aliphatic hydroxyl groups excluding tert-OH is 1. The number of rotatable bonds is 11. The lowest BCUT2D eigenvalue weighted by atomic mass is 9.96. The van der Waals surface area contributed by atoms with Gasteiger partial charge in [0.2, 0.25) is 5.13 Å². The summed E-state index contributed by atoms with van der Waals surface area (Å²) < 4.78 is 8.18. The molecule has 1 amide bonds. The average Bonchev–Trinajstić information content (AvgIpc) is 3.72. The van der Waals surface area contributed by atoms with E-state index in [0.717, 1.165) is 24.8 Å². The second-order valence-electron chi connectivity index (χ2n) is 10.6. The Kier molecular flexibility index (Phi) is 9.65. The zero-order chi connectivity index (χ0) is 32.4. The number of carbonyl (C=O) groups is 2. The molecule has 3 aromatic heterocycles. The van der Waals surface area contributed by atoms with Crippen molar-refractivity contribution >= 4 is 74.5 Å². The molecule has 0 bridgehead atoms. The van der Waals surface area contributed by atoms with Gasteiger partial charge in [0.1, 0.15) is 17.1 Å². The zero-order valence-electron chi connectivity index (χ0n) is 24.9. The number of aliphatic hydroxyl groups is 1. The summed E-state index contributed by atoms with van der Waals surface area (Å²) in [7, 11) is 0. The van der Waals surface area contributed by atoms with Crippen LogP contribution >= 0.6 is 46.3 Å². The van der Waals surface area contributed by atoms with Gasteiger partial charge in [0.05, 0.1) is 23.9 Å². The highest BCUT2D eigenvalue weighted by molar-refractivity contribution is 8.00. The van der Waals surface area contributed by atoms with Crippen molar-refractivity contribution in [2.75, 3.05) is 11.5 Å². The van der Waals surface area contributed by atoms with Crippen LogP contribution in [0.2, 0.25) is 10.0 Å². The maximum atomic E-state index is 13.8. The Morgan fingerprint density at radius 3 is 2.63 bits per heavy atom. The van der Waals surface area contributed by atoms with E-state index in [-0.39, 0.29) is 16.5 Å². The van der Waals surface area contributed by atoms with Crippen LogP contribution in [0.4, 0.5) is 5.13 Å². The molecule has 0 radical (unpaired) electrons. The molecule has 1 fully saturated rings. The first-order valence-corrected chi connectivity index (χ1v) is 17.2. The molecule has 4 heterocycles. The van der Waals surface area contributed by atoms with E-state index in [4.69, 9.17) is 27.9 Å². The van der Waals surface area contributed by atoms with Crippen LogP contribution < -0.4 is 9.64 Å². The molecule has 46 heavy (non-hydrogen) atoms. The molecule has 5 aromatic rings. The van der Waals surface area contributed by atoms with E-state index >= 15 is 0 Å². The Hall–Kier alpha value is -3.90. The van der Waals surface area contributed by atoms with Crippen LogP contribution in [0.5, 0.6) is 5.75 Å². The molecule has 1 unspecified atom stereocenters. The molecule has 6 rings (SSSR count). The van der Waals surface area contributed by atoms with Crippen LogP contribution in [0.3, 0.4) is 0 Å². The number of hydrogen-bond acceptors (Lipinski definition) is 9. The van der Waals surface area contributed by atoms with Gasteiger partial charge in [0.25, 0.3) is 5.78 Å². The van der Waals surface area contributed by atoms with Gasteiger partial charge in [0.15, 0.2) is 10.1 Å². The second-order valence-corrected chi connectivity index (χ2v) is 13.7. The van der Waals surface area contributed by atoms with Gasteiger partial charge in [-0.25, -0.2) is 4.98 Å². The number of anilines is 1. The molecule has 0 aliphatic carbocycles. The summed E-state index contributed by atoms with van der Waals surface area (Å²) in [6, 6.07) is 17.0. The van der Waals surface area contributed by atoms with Gasteiger partial charge in [-0.05, 0) is 60.9 Å². The fourth-order valence-electron chi connectivity index (χ4n) is 5.30. The molecule has 13 heteroatoms. The lowest BCUT2D eigenvalue weighted by Crippen LogP contribution is -2.29. The predicted octanol–water partition coefficient (Wildman–Crippen LogP) is 8.29. The fourth-order valence-corrected chi connectivity index (χ4v) is 7.72. The van der Waals surface area contributed by atoms with E-state index in [2.05, 4.69) is 22.1 Å². The van der Waals surface area contributed by atoms with Gasteiger partial charge in [-0.2, -0.15) is 0 Å². The van der Waals surface area contributed by atoms with E-state index < -0.39 is 17.7 Å². The largest absolute Gasteiger partial charge is 0.505 e. The van der Waals surface area contributed by atoms with Crippen LogP contribution in [0.25, 0.3) is 11.4 Å². The number of aromatic nitrogens is 4. The van der Waals surface area contributed by atoms with Gasteiger partial charge in [0, 0.05) is 22.0 Å². The van der Waals surface area contributed by atoms with Crippen molar-refractivity contribution in [3.05, 3.63) is 105 Å². The Morgan fingerprint density at radius 2 is 1.87 bits per heavy atom. The number of benzene rings is 2. The first-order chi connectivity index (χ1) is 22.3.